The molecular weight excluding hydrogens is 332 g/mol. The van der Waals surface area contributed by atoms with Gasteiger partial charge in [-0.25, -0.2) is 9.89 Å². The van der Waals surface area contributed by atoms with Gasteiger partial charge in [0, 0.05) is 26.7 Å². The summed E-state index contributed by atoms with van der Waals surface area (Å²) < 4.78 is 5.37. The Morgan fingerprint density at radius 1 is 1.46 bits per heavy atom. The zero-order chi connectivity index (χ0) is 17.9. The average molecular weight is 357 g/mol. The maximum atomic E-state index is 12.0. The second-order valence-electron chi connectivity index (χ2n) is 7.19. The minimum absolute atomic E-state index is 0.175. The van der Waals surface area contributed by atoms with Crippen LogP contribution in [0.5, 0.6) is 0 Å². The number of nitrogens with zero attached hydrogens (tertiary/aromatic N) is 3. The Bertz CT molecular complexity index is 633. The monoisotopic (exact) mass is 356 g/mol. The third-order valence-electron chi connectivity index (χ3n) is 3.97. The molecule has 0 spiro atoms. The summed E-state index contributed by atoms with van der Waals surface area (Å²) in [6, 6.07) is 0. The van der Waals surface area contributed by atoms with Gasteiger partial charge in [0.05, 0.1) is 11.9 Å². The van der Waals surface area contributed by atoms with Crippen molar-refractivity contribution in [3.8, 4) is 0 Å². The Morgan fingerprint density at radius 2 is 2.08 bits per heavy atom. The number of aromatic amines is 1. The molecule has 0 atom stereocenters. The van der Waals surface area contributed by atoms with E-state index in [0.29, 0.717) is 18.2 Å². The second-order valence-corrected chi connectivity index (χ2v) is 7.57. The molecule has 8 heteroatoms. The SMILES string of the molecule is CN(CC1CCN(c2cn[nH]c(=O)c2Cl)CC1)C(=O)OC(C)(C)C. The van der Waals surface area contributed by atoms with Crippen LogP contribution in [0.3, 0.4) is 0 Å². The lowest BCUT2D eigenvalue weighted by Gasteiger charge is -2.35. The fraction of sp³-hybridized carbons (Fsp3) is 0.688. The van der Waals surface area contributed by atoms with E-state index in [0.717, 1.165) is 25.9 Å². The van der Waals surface area contributed by atoms with Crippen LogP contribution in [0.1, 0.15) is 33.6 Å². The molecule has 0 aliphatic carbocycles. The first kappa shape index (κ1) is 18.6. The van der Waals surface area contributed by atoms with Crippen LogP contribution in [0.2, 0.25) is 5.02 Å². The van der Waals surface area contributed by atoms with Crippen molar-refractivity contribution in [2.45, 2.75) is 39.2 Å². The molecule has 1 amide bonds. The molecule has 2 heterocycles. The lowest BCUT2D eigenvalue weighted by molar-refractivity contribution is 0.0266. The van der Waals surface area contributed by atoms with Gasteiger partial charge < -0.3 is 14.5 Å². The van der Waals surface area contributed by atoms with Crippen molar-refractivity contribution >= 4 is 23.4 Å². The average Bonchev–Trinajstić information content (AvgIpc) is 2.49. The number of carbonyl (C=O) groups excluding carboxylic acids is 1. The van der Waals surface area contributed by atoms with Crippen molar-refractivity contribution in [2.75, 3.05) is 31.6 Å². The number of rotatable bonds is 3. The zero-order valence-corrected chi connectivity index (χ0v) is 15.4. The van der Waals surface area contributed by atoms with Gasteiger partial charge in [0.25, 0.3) is 5.56 Å². The van der Waals surface area contributed by atoms with Crippen molar-refractivity contribution in [3.05, 3.63) is 21.6 Å². The number of anilines is 1. The predicted molar refractivity (Wildman–Crippen MR) is 93.7 cm³/mol. The number of amides is 1. The number of hydrogen-bond donors (Lipinski definition) is 1. The molecule has 0 aromatic carbocycles. The molecule has 1 aliphatic heterocycles. The van der Waals surface area contributed by atoms with Crippen molar-refractivity contribution in [3.63, 3.8) is 0 Å². The third-order valence-corrected chi connectivity index (χ3v) is 4.33. The van der Waals surface area contributed by atoms with Gasteiger partial charge in [-0.05, 0) is 39.5 Å². The highest BCUT2D eigenvalue weighted by molar-refractivity contribution is 6.32. The fourth-order valence-corrected chi connectivity index (χ4v) is 2.96. The van der Waals surface area contributed by atoms with E-state index < -0.39 is 5.60 Å². The molecule has 0 saturated carbocycles. The molecule has 24 heavy (non-hydrogen) atoms. The summed E-state index contributed by atoms with van der Waals surface area (Å²) in [7, 11) is 1.76. The van der Waals surface area contributed by atoms with E-state index in [1.165, 1.54) is 0 Å². The Labute approximate surface area is 146 Å². The molecule has 0 unspecified atom stereocenters. The summed E-state index contributed by atoms with van der Waals surface area (Å²) >= 11 is 6.06. The molecule has 1 N–H and O–H groups in total. The molecule has 1 fully saturated rings. The van der Waals surface area contributed by atoms with Gasteiger partial charge in [0.1, 0.15) is 10.6 Å². The molecular formula is C16H25ClN4O3. The summed E-state index contributed by atoms with van der Waals surface area (Å²) in [5, 5.41) is 6.31. The Balaban J connectivity index is 1.88. The topological polar surface area (TPSA) is 78.5 Å². The predicted octanol–water partition coefficient (Wildman–Crippen LogP) is 2.51. The van der Waals surface area contributed by atoms with Gasteiger partial charge in [-0.2, -0.15) is 5.10 Å². The van der Waals surface area contributed by atoms with Crippen LogP contribution >= 0.6 is 11.6 Å². The number of carbonyl (C=O) groups is 1. The van der Waals surface area contributed by atoms with Gasteiger partial charge in [-0.3, -0.25) is 4.79 Å². The van der Waals surface area contributed by atoms with Crippen LogP contribution in [-0.2, 0) is 4.74 Å². The lowest BCUT2D eigenvalue weighted by Crippen LogP contribution is -2.41. The van der Waals surface area contributed by atoms with Gasteiger partial charge in [-0.1, -0.05) is 11.6 Å². The summed E-state index contributed by atoms with van der Waals surface area (Å²) in [5.74, 6) is 0.396. The Morgan fingerprint density at radius 3 is 2.67 bits per heavy atom. The largest absolute Gasteiger partial charge is 0.444 e. The van der Waals surface area contributed by atoms with E-state index >= 15 is 0 Å². The van der Waals surface area contributed by atoms with Crippen LogP contribution in [0.25, 0.3) is 0 Å². The molecule has 0 bridgehead atoms. The van der Waals surface area contributed by atoms with Gasteiger partial charge >= 0.3 is 6.09 Å². The summed E-state index contributed by atoms with van der Waals surface area (Å²) in [4.78, 5) is 27.3. The normalized spacial score (nSPS) is 16.1. The van der Waals surface area contributed by atoms with E-state index in [9.17, 15) is 9.59 Å². The number of nitrogens with one attached hydrogen (secondary N) is 1. The summed E-state index contributed by atoms with van der Waals surface area (Å²) in [6.45, 7) is 7.78. The number of H-pyrrole nitrogens is 1. The lowest BCUT2D eigenvalue weighted by atomic mass is 9.96. The molecule has 7 nitrogen and oxygen atoms in total. The minimum atomic E-state index is -0.487. The minimum Gasteiger partial charge on any atom is -0.444 e. The zero-order valence-electron chi connectivity index (χ0n) is 14.6. The van der Waals surface area contributed by atoms with Crippen molar-refractivity contribution in [1.29, 1.82) is 0 Å². The van der Waals surface area contributed by atoms with Crippen LogP contribution in [0.15, 0.2) is 11.0 Å². The van der Waals surface area contributed by atoms with Crippen LogP contribution in [0.4, 0.5) is 10.5 Å². The van der Waals surface area contributed by atoms with E-state index in [1.807, 2.05) is 20.8 Å². The molecule has 134 valence electrons. The first-order chi connectivity index (χ1) is 11.2. The second kappa shape index (κ2) is 7.42. The standard InChI is InChI=1S/C16H25ClN4O3/c1-16(2,3)24-15(23)20(4)10-11-5-7-21(8-6-11)12-9-18-19-14(22)13(12)17/h9,11H,5-8,10H2,1-4H3,(H,19,22). The fourth-order valence-electron chi connectivity index (χ4n) is 2.75. The quantitative estimate of drug-likeness (QED) is 0.900. The smallest absolute Gasteiger partial charge is 0.410 e. The summed E-state index contributed by atoms with van der Waals surface area (Å²) in [6.07, 6.45) is 3.11. The van der Waals surface area contributed by atoms with E-state index in [4.69, 9.17) is 16.3 Å². The number of ether oxygens (including phenoxy) is 1. The highest BCUT2D eigenvalue weighted by Gasteiger charge is 2.26. The number of piperidine rings is 1. The van der Waals surface area contributed by atoms with Crippen LogP contribution in [0, 0.1) is 5.92 Å². The highest BCUT2D eigenvalue weighted by atomic mass is 35.5. The van der Waals surface area contributed by atoms with Crippen LogP contribution in [-0.4, -0.2) is 53.5 Å². The molecule has 1 aliphatic rings. The Hall–Kier alpha value is -1.76. The van der Waals surface area contributed by atoms with Gasteiger partial charge in [-0.15, -0.1) is 0 Å². The molecule has 0 radical (unpaired) electrons. The third kappa shape index (κ3) is 4.87. The molecule has 1 saturated heterocycles. The van der Waals surface area contributed by atoms with Crippen molar-refractivity contribution in [1.82, 2.24) is 15.1 Å². The molecule has 1 aromatic heterocycles. The maximum absolute atomic E-state index is 12.0. The van der Waals surface area contributed by atoms with E-state index in [-0.39, 0.29) is 16.7 Å². The molecule has 1 aromatic rings. The first-order valence-electron chi connectivity index (χ1n) is 8.09. The van der Waals surface area contributed by atoms with Crippen molar-refractivity contribution < 1.29 is 9.53 Å². The Kier molecular flexibility index (Phi) is 5.74. The number of hydrogen-bond acceptors (Lipinski definition) is 5. The van der Waals surface area contributed by atoms with Crippen LogP contribution < -0.4 is 10.5 Å². The van der Waals surface area contributed by atoms with Crippen molar-refractivity contribution in [2.24, 2.45) is 5.92 Å². The van der Waals surface area contributed by atoms with E-state index in [2.05, 4.69) is 15.1 Å². The number of aromatic nitrogens is 2. The number of halogens is 1. The highest BCUT2D eigenvalue weighted by Crippen LogP contribution is 2.27. The maximum Gasteiger partial charge on any atom is 0.410 e. The van der Waals surface area contributed by atoms with Gasteiger partial charge in [0.2, 0.25) is 0 Å². The molecule has 2 rings (SSSR count). The first-order valence-corrected chi connectivity index (χ1v) is 8.47. The summed E-state index contributed by atoms with van der Waals surface area (Å²) in [5.41, 5.74) is -0.195. The van der Waals surface area contributed by atoms with Gasteiger partial charge in [0.15, 0.2) is 0 Å². The van der Waals surface area contributed by atoms with E-state index in [1.54, 1.807) is 18.1 Å².